The highest BCUT2D eigenvalue weighted by Crippen LogP contribution is 2.38. The molecule has 2 atom stereocenters. The fourth-order valence-electron chi connectivity index (χ4n) is 4.06. The number of hydrogen-bond donors (Lipinski definition) is 1. The van der Waals surface area contributed by atoms with Gasteiger partial charge in [0.15, 0.2) is 23.0 Å². The maximum atomic E-state index is 10.1. The van der Waals surface area contributed by atoms with Gasteiger partial charge in [0.05, 0.1) is 39.9 Å². The largest absolute Gasteiger partial charge is 0.493 e. The van der Waals surface area contributed by atoms with E-state index in [1.807, 2.05) is 36.4 Å². The normalized spacial score (nSPS) is 13.5. The number of benzene rings is 2. The van der Waals surface area contributed by atoms with Crippen molar-refractivity contribution in [1.29, 1.82) is 5.26 Å². The van der Waals surface area contributed by atoms with E-state index in [9.17, 15) is 5.26 Å². The van der Waals surface area contributed by atoms with Crippen LogP contribution in [0.5, 0.6) is 23.0 Å². The molecule has 6 nitrogen and oxygen atoms in total. The monoisotopic (exact) mass is 440 g/mol. The highest BCUT2D eigenvalue weighted by molar-refractivity contribution is 5.47. The van der Waals surface area contributed by atoms with Crippen LogP contribution < -0.4 is 24.7 Å². The fourth-order valence-corrected chi connectivity index (χ4v) is 4.06. The summed E-state index contributed by atoms with van der Waals surface area (Å²) in [5.41, 5.74) is 7.97. The summed E-state index contributed by atoms with van der Waals surface area (Å²) in [5.74, 6) is 2.76. The van der Waals surface area contributed by atoms with Crippen molar-refractivity contribution in [3.8, 4) is 29.1 Å². The summed E-state index contributed by atoms with van der Waals surface area (Å²) in [6, 6.07) is 14.3. The van der Waals surface area contributed by atoms with Crippen LogP contribution in [-0.4, -0.2) is 34.5 Å². The van der Waals surface area contributed by atoms with Crippen molar-refractivity contribution in [2.45, 2.75) is 56.9 Å². The lowest BCUT2D eigenvalue weighted by atomic mass is 9.75. The average molecular weight is 441 g/mol. The molecule has 0 aliphatic carbocycles. The molecule has 0 saturated heterocycles. The highest BCUT2D eigenvalue weighted by Gasteiger charge is 2.31. The van der Waals surface area contributed by atoms with Crippen molar-refractivity contribution < 1.29 is 18.9 Å². The summed E-state index contributed by atoms with van der Waals surface area (Å²) < 4.78 is 21.4. The number of nitriles is 1. The van der Waals surface area contributed by atoms with Crippen LogP contribution in [-0.2, 0) is 11.8 Å². The third kappa shape index (κ3) is 6.08. The molecule has 2 aromatic carbocycles. The molecule has 0 fully saturated rings. The molecule has 0 aromatic heterocycles. The Kier molecular flexibility index (Phi) is 9.67. The van der Waals surface area contributed by atoms with E-state index in [1.165, 1.54) is 5.56 Å². The molecule has 6 heteroatoms. The Hall–Kier alpha value is -2.91. The molecular formula is C26H36N2O4. The second kappa shape index (κ2) is 12.2. The molecule has 2 aromatic rings. The van der Waals surface area contributed by atoms with Crippen LogP contribution in [0.15, 0.2) is 36.4 Å². The standard InChI is InChI=1S/C26H36N2O4/c1-6-26(18-27,20-11-14-23(30-3)25(17-20)32-5)15-7-8-21(28)12-9-19-10-13-22(29-2)24(16-19)31-4/h10-11,13-14,16-17,21H,6-9,12,15,28H2,1-5H3/t21?,26-/m1/s1. The molecule has 0 spiro atoms. The molecule has 0 heterocycles. The first-order valence-corrected chi connectivity index (χ1v) is 11.1. The average Bonchev–Trinajstić information content (AvgIpc) is 2.84. The zero-order chi connectivity index (χ0) is 23.6. The molecule has 0 aliphatic rings. The van der Waals surface area contributed by atoms with Crippen molar-refractivity contribution in [2.24, 2.45) is 5.73 Å². The molecule has 174 valence electrons. The summed E-state index contributed by atoms with van der Waals surface area (Å²) >= 11 is 0. The molecule has 0 bridgehead atoms. The number of nitrogens with zero attached hydrogens (tertiary/aromatic N) is 1. The Morgan fingerprint density at radius 1 is 0.875 bits per heavy atom. The molecule has 0 radical (unpaired) electrons. The summed E-state index contributed by atoms with van der Waals surface area (Å²) in [5, 5.41) is 10.1. The third-order valence-corrected chi connectivity index (χ3v) is 6.18. The van der Waals surface area contributed by atoms with E-state index in [0.717, 1.165) is 55.6 Å². The lowest BCUT2D eigenvalue weighted by Crippen LogP contribution is -2.26. The van der Waals surface area contributed by atoms with Gasteiger partial charge < -0.3 is 24.7 Å². The molecule has 32 heavy (non-hydrogen) atoms. The maximum absolute atomic E-state index is 10.1. The first-order chi connectivity index (χ1) is 15.5. The van der Waals surface area contributed by atoms with E-state index in [0.29, 0.717) is 11.5 Å². The first-order valence-electron chi connectivity index (χ1n) is 11.1. The zero-order valence-electron chi connectivity index (χ0n) is 19.9. The van der Waals surface area contributed by atoms with Gasteiger partial charge in [-0.2, -0.15) is 5.26 Å². The van der Waals surface area contributed by atoms with E-state index >= 15 is 0 Å². The quantitative estimate of drug-likeness (QED) is 0.470. The van der Waals surface area contributed by atoms with Gasteiger partial charge in [-0.05, 0) is 73.9 Å². The van der Waals surface area contributed by atoms with Gasteiger partial charge in [-0.25, -0.2) is 0 Å². The van der Waals surface area contributed by atoms with Gasteiger partial charge in [-0.15, -0.1) is 0 Å². The summed E-state index contributed by atoms with van der Waals surface area (Å²) in [6.45, 7) is 2.05. The Morgan fingerprint density at radius 2 is 1.47 bits per heavy atom. The van der Waals surface area contributed by atoms with E-state index in [-0.39, 0.29) is 6.04 Å². The minimum absolute atomic E-state index is 0.0711. The zero-order valence-corrected chi connectivity index (χ0v) is 19.9. The van der Waals surface area contributed by atoms with Crippen molar-refractivity contribution in [3.63, 3.8) is 0 Å². The molecule has 2 rings (SSSR count). The smallest absolute Gasteiger partial charge is 0.161 e. The van der Waals surface area contributed by atoms with Gasteiger partial charge in [0.25, 0.3) is 0 Å². The van der Waals surface area contributed by atoms with Crippen molar-refractivity contribution in [2.75, 3.05) is 28.4 Å². The van der Waals surface area contributed by atoms with E-state index in [2.05, 4.69) is 13.0 Å². The van der Waals surface area contributed by atoms with E-state index in [4.69, 9.17) is 24.7 Å². The minimum atomic E-state index is -0.567. The molecule has 0 saturated carbocycles. The second-order valence-corrected chi connectivity index (χ2v) is 8.00. The predicted octanol–water partition coefficient (Wildman–Crippen LogP) is 5.02. The Labute approximate surface area is 192 Å². The van der Waals surface area contributed by atoms with Crippen LogP contribution in [0.2, 0.25) is 0 Å². The second-order valence-electron chi connectivity index (χ2n) is 8.00. The number of aryl methyl sites for hydroxylation is 1. The topological polar surface area (TPSA) is 86.7 Å². The van der Waals surface area contributed by atoms with Crippen LogP contribution >= 0.6 is 0 Å². The number of rotatable bonds is 13. The molecule has 0 aliphatic heterocycles. The minimum Gasteiger partial charge on any atom is -0.493 e. The maximum Gasteiger partial charge on any atom is 0.161 e. The van der Waals surface area contributed by atoms with Crippen molar-refractivity contribution in [3.05, 3.63) is 47.5 Å². The van der Waals surface area contributed by atoms with Gasteiger partial charge >= 0.3 is 0 Å². The number of nitrogens with two attached hydrogens (primary N) is 1. The van der Waals surface area contributed by atoms with Gasteiger partial charge in [0.1, 0.15) is 0 Å². The SMILES string of the molecule is CC[C@](C#N)(CCCC(N)CCc1ccc(OC)c(OC)c1)c1ccc(OC)c(OC)c1. The van der Waals surface area contributed by atoms with Crippen LogP contribution in [0, 0.1) is 11.3 Å². The molecule has 2 N–H and O–H groups in total. The Bertz CT molecular complexity index is 909. The third-order valence-electron chi connectivity index (χ3n) is 6.18. The van der Waals surface area contributed by atoms with Crippen LogP contribution in [0.3, 0.4) is 0 Å². The summed E-state index contributed by atoms with van der Waals surface area (Å²) in [7, 11) is 6.49. The highest BCUT2D eigenvalue weighted by atomic mass is 16.5. The molecule has 1 unspecified atom stereocenters. The van der Waals surface area contributed by atoms with Crippen LogP contribution in [0.25, 0.3) is 0 Å². The lowest BCUT2D eigenvalue weighted by molar-refractivity contribution is 0.352. The van der Waals surface area contributed by atoms with Crippen LogP contribution in [0.1, 0.15) is 50.2 Å². The van der Waals surface area contributed by atoms with E-state index in [1.54, 1.807) is 28.4 Å². The lowest BCUT2D eigenvalue weighted by Gasteiger charge is -2.27. The van der Waals surface area contributed by atoms with Crippen LogP contribution in [0.4, 0.5) is 0 Å². The fraction of sp³-hybridized carbons (Fsp3) is 0.500. The van der Waals surface area contributed by atoms with E-state index < -0.39 is 5.41 Å². The Morgan fingerprint density at radius 3 is 2.03 bits per heavy atom. The van der Waals surface area contributed by atoms with Gasteiger partial charge in [0, 0.05) is 6.04 Å². The predicted molar refractivity (Wildman–Crippen MR) is 127 cm³/mol. The number of methoxy groups -OCH3 is 4. The van der Waals surface area contributed by atoms with Gasteiger partial charge in [-0.1, -0.05) is 19.1 Å². The van der Waals surface area contributed by atoms with Crippen molar-refractivity contribution >= 4 is 0 Å². The molecular weight excluding hydrogens is 404 g/mol. The van der Waals surface area contributed by atoms with Gasteiger partial charge in [-0.3, -0.25) is 0 Å². The van der Waals surface area contributed by atoms with Gasteiger partial charge in [0.2, 0.25) is 0 Å². The number of ether oxygens (including phenoxy) is 4. The van der Waals surface area contributed by atoms with Crippen molar-refractivity contribution in [1.82, 2.24) is 0 Å². The summed E-state index contributed by atoms with van der Waals surface area (Å²) in [6.07, 6.45) is 4.96. The molecule has 0 amide bonds. The first kappa shape index (κ1) is 25.4. The number of hydrogen-bond acceptors (Lipinski definition) is 6. The Balaban J connectivity index is 1.97. The summed E-state index contributed by atoms with van der Waals surface area (Å²) in [4.78, 5) is 0.